The molecule has 1 aliphatic heterocycles. The van der Waals surface area contributed by atoms with Crippen molar-refractivity contribution in [1.29, 1.82) is 0 Å². The summed E-state index contributed by atoms with van der Waals surface area (Å²) < 4.78 is 10.5. The number of benzene rings is 2. The van der Waals surface area contributed by atoms with Crippen LogP contribution in [0.5, 0.6) is 11.5 Å². The molecule has 0 radical (unpaired) electrons. The van der Waals surface area contributed by atoms with Crippen LogP contribution in [-0.4, -0.2) is 44.0 Å². The summed E-state index contributed by atoms with van der Waals surface area (Å²) in [6.07, 6.45) is 1.28. The second-order valence-electron chi connectivity index (χ2n) is 6.99. The molecular formula is C22H26N2O4. The van der Waals surface area contributed by atoms with Gasteiger partial charge >= 0.3 is 0 Å². The summed E-state index contributed by atoms with van der Waals surface area (Å²) in [5, 5.41) is 2.94. The number of carbonyl (C=O) groups excluding carboxylic acids is 2. The van der Waals surface area contributed by atoms with Crippen LogP contribution in [0.25, 0.3) is 0 Å². The van der Waals surface area contributed by atoms with Crippen LogP contribution >= 0.6 is 0 Å². The van der Waals surface area contributed by atoms with Gasteiger partial charge in [-0.1, -0.05) is 17.7 Å². The second-order valence-corrected chi connectivity index (χ2v) is 6.99. The van der Waals surface area contributed by atoms with E-state index in [1.807, 2.05) is 36.1 Å². The Kier molecular flexibility index (Phi) is 6.19. The first-order valence-corrected chi connectivity index (χ1v) is 9.40. The summed E-state index contributed by atoms with van der Waals surface area (Å²) in [6.45, 7) is 3.14. The molecule has 0 unspecified atom stereocenters. The molecule has 2 amide bonds. The molecule has 6 nitrogen and oxygen atoms in total. The molecule has 28 heavy (non-hydrogen) atoms. The first-order chi connectivity index (χ1) is 13.5. The van der Waals surface area contributed by atoms with E-state index in [4.69, 9.17) is 9.47 Å². The van der Waals surface area contributed by atoms with Gasteiger partial charge in [0.25, 0.3) is 5.91 Å². The van der Waals surface area contributed by atoms with Crippen LogP contribution in [0, 0.1) is 12.8 Å². The van der Waals surface area contributed by atoms with Gasteiger partial charge in [-0.05, 0) is 44.0 Å². The van der Waals surface area contributed by atoms with Crippen LogP contribution in [0.3, 0.4) is 0 Å². The number of anilines is 1. The van der Waals surface area contributed by atoms with Gasteiger partial charge < -0.3 is 19.7 Å². The van der Waals surface area contributed by atoms with Crippen LogP contribution in [0.1, 0.15) is 28.8 Å². The third-order valence-electron chi connectivity index (χ3n) is 5.12. The number of amides is 2. The topological polar surface area (TPSA) is 67.9 Å². The van der Waals surface area contributed by atoms with E-state index in [9.17, 15) is 9.59 Å². The van der Waals surface area contributed by atoms with Crippen LogP contribution in [0.15, 0.2) is 42.5 Å². The summed E-state index contributed by atoms with van der Waals surface area (Å²) in [5.74, 6) is 1.06. The van der Waals surface area contributed by atoms with Gasteiger partial charge in [0.2, 0.25) is 5.91 Å². The first-order valence-electron chi connectivity index (χ1n) is 9.40. The molecule has 3 rings (SSSR count). The lowest BCUT2D eigenvalue weighted by molar-refractivity contribution is -0.121. The minimum atomic E-state index is -0.131. The number of hydrogen-bond donors (Lipinski definition) is 1. The van der Waals surface area contributed by atoms with Gasteiger partial charge in [-0.3, -0.25) is 9.59 Å². The third-order valence-corrected chi connectivity index (χ3v) is 5.12. The number of likely N-dealkylation sites (tertiary alicyclic amines) is 1. The van der Waals surface area contributed by atoms with Crippen LogP contribution in [-0.2, 0) is 4.79 Å². The number of carbonyl (C=O) groups is 2. The van der Waals surface area contributed by atoms with Crippen molar-refractivity contribution in [2.24, 2.45) is 5.92 Å². The van der Waals surface area contributed by atoms with E-state index in [1.54, 1.807) is 32.4 Å². The van der Waals surface area contributed by atoms with E-state index in [2.05, 4.69) is 5.32 Å². The van der Waals surface area contributed by atoms with Crippen molar-refractivity contribution in [3.63, 3.8) is 0 Å². The van der Waals surface area contributed by atoms with Crippen LogP contribution < -0.4 is 14.8 Å². The minimum Gasteiger partial charge on any atom is -0.497 e. The van der Waals surface area contributed by atoms with E-state index < -0.39 is 0 Å². The average molecular weight is 382 g/mol. The molecule has 2 aromatic rings. The van der Waals surface area contributed by atoms with Crippen molar-refractivity contribution in [2.45, 2.75) is 19.8 Å². The quantitative estimate of drug-likeness (QED) is 0.859. The van der Waals surface area contributed by atoms with E-state index in [0.29, 0.717) is 48.7 Å². The van der Waals surface area contributed by atoms with E-state index in [0.717, 1.165) is 5.56 Å². The highest BCUT2D eigenvalue weighted by molar-refractivity contribution is 5.96. The molecule has 1 fully saturated rings. The average Bonchev–Trinajstić information content (AvgIpc) is 2.74. The smallest absolute Gasteiger partial charge is 0.253 e. The number of hydrogen-bond acceptors (Lipinski definition) is 4. The molecule has 148 valence electrons. The molecular weight excluding hydrogens is 356 g/mol. The highest BCUT2D eigenvalue weighted by Crippen LogP contribution is 2.30. The minimum absolute atomic E-state index is 0.0238. The third kappa shape index (κ3) is 4.44. The van der Waals surface area contributed by atoms with E-state index >= 15 is 0 Å². The predicted octanol–water partition coefficient (Wildman–Crippen LogP) is 3.50. The van der Waals surface area contributed by atoms with Crippen molar-refractivity contribution in [1.82, 2.24) is 4.90 Å². The number of ether oxygens (including phenoxy) is 2. The van der Waals surface area contributed by atoms with Crippen molar-refractivity contribution < 1.29 is 19.1 Å². The number of rotatable bonds is 5. The van der Waals surface area contributed by atoms with Crippen molar-refractivity contribution >= 4 is 17.5 Å². The number of piperidine rings is 1. The Bertz CT molecular complexity index is 840. The van der Waals surface area contributed by atoms with Gasteiger partial charge in [-0.15, -0.1) is 0 Å². The fourth-order valence-corrected chi connectivity index (χ4v) is 3.36. The van der Waals surface area contributed by atoms with Gasteiger partial charge in [0.05, 0.1) is 19.9 Å². The summed E-state index contributed by atoms with van der Waals surface area (Å²) in [4.78, 5) is 27.1. The molecule has 1 saturated heterocycles. The molecule has 0 aliphatic carbocycles. The van der Waals surface area contributed by atoms with Gasteiger partial charge in [0, 0.05) is 30.6 Å². The molecule has 0 aromatic heterocycles. The summed E-state index contributed by atoms with van der Waals surface area (Å²) in [5.41, 5.74) is 2.43. The summed E-state index contributed by atoms with van der Waals surface area (Å²) in [6, 6.07) is 12.9. The van der Waals surface area contributed by atoms with Crippen molar-refractivity contribution in [2.75, 3.05) is 32.6 Å². The Balaban J connectivity index is 1.58. The molecule has 0 atom stereocenters. The zero-order valence-corrected chi connectivity index (χ0v) is 16.5. The molecule has 1 heterocycles. The molecule has 0 saturated carbocycles. The molecule has 1 aliphatic rings. The Hall–Kier alpha value is -3.02. The lowest BCUT2D eigenvalue weighted by atomic mass is 9.95. The summed E-state index contributed by atoms with van der Waals surface area (Å²) in [7, 11) is 3.14. The highest BCUT2D eigenvalue weighted by atomic mass is 16.5. The van der Waals surface area contributed by atoms with Gasteiger partial charge in [0.15, 0.2) is 0 Å². The molecule has 2 aromatic carbocycles. The Morgan fingerprint density at radius 2 is 1.68 bits per heavy atom. The lowest BCUT2D eigenvalue weighted by Crippen LogP contribution is -2.41. The number of aryl methyl sites for hydroxylation is 1. The molecule has 6 heteroatoms. The molecule has 1 N–H and O–H groups in total. The Labute approximate surface area is 165 Å². The maximum absolute atomic E-state index is 12.7. The normalized spacial score (nSPS) is 14.5. The van der Waals surface area contributed by atoms with E-state index in [1.165, 1.54) is 0 Å². The SMILES string of the molecule is COc1ccc(NC(=O)C2CCN(C(=O)c3ccc(C)cc3)CC2)c(OC)c1. The maximum Gasteiger partial charge on any atom is 0.253 e. The van der Waals surface area contributed by atoms with Gasteiger partial charge in [0.1, 0.15) is 11.5 Å². The Morgan fingerprint density at radius 1 is 1.00 bits per heavy atom. The fourth-order valence-electron chi connectivity index (χ4n) is 3.36. The van der Waals surface area contributed by atoms with Crippen molar-refractivity contribution in [3.05, 3.63) is 53.6 Å². The highest BCUT2D eigenvalue weighted by Gasteiger charge is 2.28. The van der Waals surface area contributed by atoms with Crippen LogP contribution in [0.4, 0.5) is 5.69 Å². The van der Waals surface area contributed by atoms with Gasteiger partial charge in [-0.25, -0.2) is 0 Å². The standard InChI is InChI=1S/C22H26N2O4/c1-15-4-6-17(7-5-15)22(26)24-12-10-16(11-13-24)21(25)23-19-9-8-18(27-2)14-20(19)28-3/h4-9,14,16H,10-13H2,1-3H3,(H,23,25). The Morgan fingerprint density at radius 3 is 2.29 bits per heavy atom. The van der Waals surface area contributed by atoms with Crippen LogP contribution in [0.2, 0.25) is 0 Å². The largest absolute Gasteiger partial charge is 0.497 e. The van der Waals surface area contributed by atoms with E-state index in [-0.39, 0.29) is 17.7 Å². The zero-order valence-electron chi connectivity index (χ0n) is 16.5. The predicted molar refractivity (Wildman–Crippen MR) is 108 cm³/mol. The summed E-state index contributed by atoms with van der Waals surface area (Å²) >= 11 is 0. The van der Waals surface area contributed by atoms with Gasteiger partial charge in [-0.2, -0.15) is 0 Å². The number of methoxy groups -OCH3 is 2. The first kappa shape index (κ1) is 19.7. The monoisotopic (exact) mass is 382 g/mol. The molecule has 0 bridgehead atoms. The molecule has 0 spiro atoms. The number of nitrogens with one attached hydrogen (secondary N) is 1. The fraction of sp³-hybridized carbons (Fsp3) is 0.364. The second kappa shape index (κ2) is 8.78. The maximum atomic E-state index is 12.7. The lowest BCUT2D eigenvalue weighted by Gasteiger charge is -2.31. The number of nitrogens with zero attached hydrogens (tertiary/aromatic N) is 1. The van der Waals surface area contributed by atoms with Crippen molar-refractivity contribution in [3.8, 4) is 11.5 Å². The zero-order chi connectivity index (χ0) is 20.1.